The van der Waals surface area contributed by atoms with Crippen LogP contribution in [0.4, 0.5) is 26.3 Å². The maximum atomic E-state index is 13.5. The number of nitrogens with zero attached hydrogens (tertiary/aromatic N) is 4. The standard InChI is InChI=1S/C21H12F6N4O3S/c22-20(23,24)14-3-1-12(2-4-14)17-6-15(21(25,26)27)7-19(30-17)31-10-18(29-11-31)13-5-16(9-28-8-13)35(32,33)34/h1-11H,(H,32,33,34). The largest absolute Gasteiger partial charge is 0.416 e. The highest BCUT2D eigenvalue weighted by Crippen LogP contribution is 2.35. The summed E-state index contributed by atoms with van der Waals surface area (Å²) in [7, 11) is -4.55. The van der Waals surface area contributed by atoms with E-state index in [0.29, 0.717) is 6.07 Å². The van der Waals surface area contributed by atoms with E-state index in [2.05, 4.69) is 15.0 Å². The van der Waals surface area contributed by atoms with Crippen LogP contribution in [-0.4, -0.2) is 32.5 Å². The fourth-order valence-corrected chi connectivity index (χ4v) is 3.56. The van der Waals surface area contributed by atoms with E-state index in [0.717, 1.165) is 53.5 Å². The van der Waals surface area contributed by atoms with E-state index in [-0.39, 0.29) is 28.3 Å². The van der Waals surface area contributed by atoms with E-state index < -0.39 is 38.5 Å². The van der Waals surface area contributed by atoms with Crippen LogP contribution in [0.1, 0.15) is 11.1 Å². The molecule has 3 heterocycles. The molecule has 1 N–H and O–H groups in total. The third-order valence-corrected chi connectivity index (χ3v) is 5.62. The quantitative estimate of drug-likeness (QED) is 0.294. The molecule has 0 amide bonds. The molecule has 1 aromatic carbocycles. The van der Waals surface area contributed by atoms with E-state index in [1.165, 1.54) is 12.4 Å². The second-order valence-corrected chi connectivity index (χ2v) is 8.64. The topological polar surface area (TPSA) is 98.0 Å². The second kappa shape index (κ2) is 8.46. The summed E-state index contributed by atoms with van der Waals surface area (Å²) in [5.74, 6) is -0.243. The number of hydrogen-bond acceptors (Lipinski definition) is 5. The number of imidazole rings is 1. The van der Waals surface area contributed by atoms with Gasteiger partial charge in [0.1, 0.15) is 17.0 Å². The van der Waals surface area contributed by atoms with Crippen LogP contribution in [0.2, 0.25) is 0 Å². The number of benzene rings is 1. The summed E-state index contributed by atoms with van der Waals surface area (Å²) < 4.78 is 112. The summed E-state index contributed by atoms with van der Waals surface area (Å²) in [5, 5.41) is 0. The van der Waals surface area contributed by atoms with Gasteiger partial charge in [-0.3, -0.25) is 14.1 Å². The van der Waals surface area contributed by atoms with Crippen molar-refractivity contribution in [2.45, 2.75) is 17.2 Å². The molecular weight excluding hydrogens is 502 g/mol. The molecular formula is C21H12F6N4O3S. The smallest absolute Gasteiger partial charge is 0.290 e. The van der Waals surface area contributed by atoms with Crippen LogP contribution in [0.15, 0.2) is 72.3 Å². The molecule has 7 nitrogen and oxygen atoms in total. The lowest BCUT2D eigenvalue weighted by molar-refractivity contribution is -0.138. The molecule has 0 radical (unpaired) electrons. The van der Waals surface area contributed by atoms with Gasteiger partial charge in [-0.15, -0.1) is 0 Å². The van der Waals surface area contributed by atoms with Crippen LogP contribution < -0.4 is 0 Å². The van der Waals surface area contributed by atoms with Gasteiger partial charge in [0, 0.05) is 29.7 Å². The zero-order valence-corrected chi connectivity index (χ0v) is 17.9. The fourth-order valence-electron chi connectivity index (χ4n) is 3.09. The third-order valence-electron chi connectivity index (χ3n) is 4.80. The number of rotatable bonds is 4. The predicted octanol–water partition coefficient (Wildman–Crippen LogP) is 5.28. The van der Waals surface area contributed by atoms with Crippen molar-refractivity contribution in [3.8, 4) is 28.3 Å². The maximum absolute atomic E-state index is 13.5. The minimum Gasteiger partial charge on any atom is -0.290 e. The van der Waals surface area contributed by atoms with Gasteiger partial charge in [0.2, 0.25) is 0 Å². The summed E-state index contributed by atoms with van der Waals surface area (Å²) in [6, 6.07) is 6.02. The molecule has 0 unspecified atom stereocenters. The summed E-state index contributed by atoms with van der Waals surface area (Å²) in [5.41, 5.74) is -2.01. The molecule has 14 heteroatoms. The molecule has 0 aliphatic rings. The zero-order valence-electron chi connectivity index (χ0n) is 17.1. The normalized spacial score (nSPS) is 12.7. The molecule has 0 spiro atoms. The van der Waals surface area contributed by atoms with Gasteiger partial charge in [-0.2, -0.15) is 34.8 Å². The third kappa shape index (κ3) is 5.33. The molecule has 0 saturated heterocycles. The van der Waals surface area contributed by atoms with Gasteiger partial charge >= 0.3 is 12.4 Å². The molecule has 0 saturated carbocycles. The summed E-state index contributed by atoms with van der Waals surface area (Å²) >= 11 is 0. The lowest BCUT2D eigenvalue weighted by Crippen LogP contribution is -2.08. The van der Waals surface area contributed by atoms with Crippen molar-refractivity contribution in [3.05, 3.63) is 78.5 Å². The SMILES string of the molecule is O=S(=O)(O)c1cncc(-c2cn(-c3cc(C(F)(F)F)cc(-c4ccc(C(F)(F)F)cc4)n3)cn2)c1. The van der Waals surface area contributed by atoms with Gasteiger partial charge in [-0.25, -0.2) is 9.97 Å². The first-order chi connectivity index (χ1) is 16.2. The Morgan fingerprint density at radius 2 is 1.46 bits per heavy atom. The van der Waals surface area contributed by atoms with Gasteiger partial charge < -0.3 is 0 Å². The molecule has 0 aliphatic heterocycles. The van der Waals surface area contributed by atoms with Crippen molar-refractivity contribution in [1.82, 2.24) is 19.5 Å². The Morgan fingerprint density at radius 1 is 0.800 bits per heavy atom. The van der Waals surface area contributed by atoms with Crippen molar-refractivity contribution in [2.75, 3.05) is 0 Å². The highest BCUT2D eigenvalue weighted by Gasteiger charge is 2.33. The molecule has 182 valence electrons. The Kier molecular flexibility index (Phi) is 5.89. The van der Waals surface area contributed by atoms with E-state index in [9.17, 15) is 39.3 Å². The summed E-state index contributed by atoms with van der Waals surface area (Å²) in [6.45, 7) is 0. The average Bonchev–Trinajstić information content (AvgIpc) is 3.28. The lowest BCUT2D eigenvalue weighted by atomic mass is 10.1. The second-order valence-electron chi connectivity index (χ2n) is 7.22. The maximum Gasteiger partial charge on any atom is 0.416 e. The van der Waals surface area contributed by atoms with Gasteiger partial charge in [0.15, 0.2) is 0 Å². The molecule has 0 aliphatic carbocycles. The van der Waals surface area contributed by atoms with Crippen LogP contribution in [0.25, 0.3) is 28.3 Å². The molecule has 0 bridgehead atoms. The van der Waals surface area contributed by atoms with Crippen LogP contribution in [0.3, 0.4) is 0 Å². The van der Waals surface area contributed by atoms with Crippen LogP contribution >= 0.6 is 0 Å². The van der Waals surface area contributed by atoms with Crippen LogP contribution in [0, 0.1) is 0 Å². The van der Waals surface area contributed by atoms with Gasteiger partial charge in [0.05, 0.1) is 22.5 Å². The summed E-state index contributed by atoms with van der Waals surface area (Å²) in [4.78, 5) is 11.3. The number of hydrogen-bond donors (Lipinski definition) is 1. The van der Waals surface area contributed by atoms with Crippen molar-refractivity contribution in [3.63, 3.8) is 0 Å². The first-order valence-electron chi connectivity index (χ1n) is 9.46. The van der Waals surface area contributed by atoms with Crippen LogP contribution in [0.5, 0.6) is 0 Å². The van der Waals surface area contributed by atoms with E-state index in [1.807, 2.05) is 0 Å². The van der Waals surface area contributed by atoms with E-state index >= 15 is 0 Å². The first kappa shape index (κ1) is 24.3. The molecule has 4 rings (SSSR count). The minimum atomic E-state index is -4.78. The highest BCUT2D eigenvalue weighted by atomic mass is 32.2. The average molecular weight is 514 g/mol. The Labute approximate surface area is 193 Å². The lowest BCUT2D eigenvalue weighted by Gasteiger charge is -2.13. The zero-order chi connectivity index (χ0) is 25.6. The van der Waals surface area contributed by atoms with Crippen molar-refractivity contribution >= 4 is 10.1 Å². The summed E-state index contributed by atoms with van der Waals surface area (Å²) in [6.07, 6.45) is -4.89. The molecule has 0 fully saturated rings. The number of halogens is 6. The Morgan fingerprint density at radius 3 is 2.06 bits per heavy atom. The Balaban J connectivity index is 1.78. The minimum absolute atomic E-state index is 0.0238. The van der Waals surface area contributed by atoms with Crippen molar-refractivity contribution < 1.29 is 39.3 Å². The first-order valence-corrected chi connectivity index (χ1v) is 10.9. The van der Waals surface area contributed by atoms with Gasteiger partial charge in [-0.05, 0) is 30.3 Å². The van der Waals surface area contributed by atoms with Crippen molar-refractivity contribution in [2.24, 2.45) is 0 Å². The fraction of sp³-hybridized carbons (Fsp3) is 0.0952. The van der Waals surface area contributed by atoms with Gasteiger partial charge in [-0.1, -0.05) is 12.1 Å². The molecule has 3 aromatic heterocycles. The Bertz CT molecular complexity index is 1500. The van der Waals surface area contributed by atoms with Crippen molar-refractivity contribution in [1.29, 1.82) is 0 Å². The predicted molar refractivity (Wildman–Crippen MR) is 110 cm³/mol. The van der Waals surface area contributed by atoms with Gasteiger partial charge in [0.25, 0.3) is 10.1 Å². The highest BCUT2D eigenvalue weighted by molar-refractivity contribution is 7.85. The monoisotopic (exact) mass is 514 g/mol. The number of aromatic nitrogens is 4. The van der Waals surface area contributed by atoms with Crippen LogP contribution in [-0.2, 0) is 22.5 Å². The molecule has 0 atom stereocenters. The van der Waals surface area contributed by atoms with E-state index in [1.54, 1.807) is 0 Å². The molecule has 4 aromatic rings. The molecule has 35 heavy (non-hydrogen) atoms. The number of pyridine rings is 2. The van der Waals surface area contributed by atoms with E-state index in [4.69, 9.17) is 0 Å². The number of alkyl halides is 6. The Hall–Kier alpha value is -3.78.